The summed E-state index contributed by atoms with van der Waals surface area (Å²) in [5, 5.41) is 9.25. The summed E-state index contributed by atoms with van der Waals surface area (Å²) in [5.41, 5.74) is 0. The molecule has 1 saturated heterocycles. The molecular weight excluding hydrogens is 264 g/mol. The Hall–Kier alpha value is -1.17. The Balaban J connectivity index is 2.18. The highest BCUT2D eigenvalue weighted by Crippen LogP contribution is 2.35. The molecule has 5 nitrogen and oxygen atoms in total. The molecule has 0 radical (unpaired) electrons. The molecule has 0 aromatic heterocycles. The molecule has 1 N–H and O–H groups in total. The first-order valence-corrected chi connectivity index (χ1v) is 7.64. The van der Waals surface area contributed by atoms with Crippen LogP contribution in [-0.4, -0.2) is 57.2 Å². The molecule has 0 saturated carbocycles. The molecule has 2 unspecified atom stereocenters. The van der Waals surface area contributed by atoms with Gasteiger partial charge in [0.25, 0.3) is 0 Å². The minimum Gasteiger partial charge on any atom is -0.480 e. The van der Waals surface area contributed by atoms with Gasteiger partial charge in [-0.15, -0.1) is 11.8 Å². The highest BCUT2D eigenvalue weighted by Gasteiger charge is 2.44. The van der Waals surface area contributed by atoms with Crippen LogP contribution in [0.3, 0.4) is 0 Å². The fourth-order valence-electron chi connectivity index (χ4n) is 2.45. The molecule has 0 aromatic rings. The zero-order valence-electron chi connectivity index (χ0n) is 11.3. The topological polar surface area (TPSA) is 60.9 Å². The second kappa shape index (κ2) is 5.86. The van der Waals surface area contributed by atoms with Gasteiger partial charge in [0.15, 0.2) is 0 Å². The molecule has 2 atom stereocenters. The molecule has 19 heavy (non-hydrogen) atoms. The number of amides is 2. The molecule has 0 aliphatic carbocycles. The molecule has 0 aromatic carbocycles. The van der Waals surface area contributed by atoms with Crippen LogP contribution in [-0.2, 0) is 4.79 Å². The number of hydrogen-bond acceptors (Lipinski definition) is 3. The van der Waals surface area contributed by atoms with Crippen molar-refractivity contribution in [1.29, 1.82) is 0 Å². The van der Waals surface area contributed by atoms with Crippen LogP contribution in [0.4, 0.5) is 4.79 Å². The zero-order chi connectivity index (χ0) is 14.0. The number of carbonyl (C=O) groups excluding carboxylic acids is 1. The van der Waals surface area contributed by atoms with Crippen LogP contribution in [0.25, 0.3) is 0 Å². The number of rotatable bonds is 2. The van der Waals surface area contributed by atoms with Gasteiger partial charge in [0.1, 0.15) is 6.04 Å². The number of carbonyl (C=O) groups is 2. The molecule has 6 heteroatoms. The van der Waals surface area contributed by atoms with E-state index in [0.29, 0.717) is 18.8 Å². The van der Waals surface area contributed by atoms with Crippen molar-refractivity contribution in [2.75, 3.05) is 18.8 Å². The lowest BCUT2D eigenvalue weighted by molar-refractivity contribution is -0.141. The predicted octanol–water partition coefficient (Wildman–Crippen LogP) is 1.85. The number of carboxylic acid groups (broad SMARTS) is 1. The van der Waals surface area contributed by atoms with Crippen LogP contribution in [0.2, 0.25) is 0 Å². The highest BCUT2D eigenvalue weighted by molar-refractivity contribution is 8.00. The van der Waals surface area contributed by atoms with Crippen molar-refractivity contribution in [2.45, 2.75) is 31.7 Å². The summed E-state index contributed by atoms with van der Waals surface area (Å²) in [6.45, 7) is 5.31. The van der Waals surface area contributed by atoms with Gasteiger partial charge in [0.05, 0.1) is 5.37 Å². The van der Waals surface area contributed by atoms with Gasteiger partial charge < -0.3 is 10.0 Å². The summed E-state index contributed by atoms with van der Waals surface area (Å²) < 4.78 is 0. The monoisotopic (exact) mass is 284 g/mol. The van der Waals surface area contributed by atoms with E-state index in [1.165, 1.54) is 0 Å². The minimum absolute atomic E-state index is 0.0421. The van der Waals surface area contributed by atoms with Crippen LogP contribution in [0.15, 0.2) is 12.2 Å². The van der Waals surface area contributed by atoms with Crippen molar-refractivity contribution >= 4 is 23.8 Å². The molecule has 0 spiro atoms. The first-order valence-electron chi connectivity index (χ1n) is 6.59. The number of nitrogens with zero attached hydrogens (tertiary/aromatic N) is 2. The average molecular weight is 284 g/mol. The van der Waals surface area contributed by atoms with Crippen LogP contribution < -0.4 is 0 Å². The minimum atomic E-state index is -0.906. The molecule has 106 valence electrons. The second-order valence-corrected chi connectivity index (χ2v) is 6.37. The molecule has 2 aliphatic rings. The van der Waals surface area contributed by atoms with Gasteiger partial charge in [-0.05, 0) is 12.3 Å². The number of urea groups is 1. The van der Waals surface area contributed by atoms with E-state index in [4.69, 9.17) is 0 Å². The lowest BCUT2D eigenvalue weighted by atomic mass is 10.1. The third-order valence-electron chi connectivity index (χ3n) is 3.44. The molecule has 2 aliphatic heterocycles. The number of thioether (sulfide) groups is 1. The van der Waals surface area contributed by atoms with E-state index in [0.717, 1.165) is 6.42 Å². The van der Waals surface area contributed by atoms with Crippen LogP contribution >= 0.6 is 11.8 Å². The molecule has 0 bridgehead atoms. The molecule has 2 amide bonds. The third-order valence-corrected chi connectivity index (χ3v) is 5.06. The van der Waals surface area contributed by atoms with Gasteiger partial charge in [0.2, 0.25) is 0 Å². The van der Waals surface area contributed by atoms with Crippen molar-refractivity contribution in [3.05, 3.63) is 12.2 Å². The standard InChI is InChI=1S/C13H20N2O3S/c1-9(2)11-15(10(8-19-11)12(16)17)13(18)14-6-4-3-5-7-14/h3-4,9-11H,5-8H2,1-2H3,(H,16,17). The maximum absolute atomic E-state index is 12.6. The normalized spacial score (nSPS) is 27.1. The molecular formula is C13H20N2O3S. The maximum Gasteiger partial charge on any atom is 0.327 e. The largest absolute Gasteiger partial charge is 0.480 e. The Morgan fingerprint density at radius 3 is 2.63 bits per heavy atom. The van der Waals surface area contributed by atoms with E-state index in [9.17, 15) is 14.7 Å². The summed E-state index contributed by atoms with van der Waals surface area (Å²) in [6, 6.07) is -0.837. The fraction of sp³-hybridized carbons (Fsp3) is 0.692. The van der Waals surface area contributed by atoms with Crippen LogP contribution in [0.1, 0.15) is 20.3 Å². The summed E-state index contributed by atoms with van der Waals surface area (Å²) >= 11 is 1.57. The van der Waals surface area contributed by atoms with E-state index >= 15 is 0 Å². The predicted molar refractivity (Wildman–Crippen MR) is 75.1 cm³/mol. The second-order valence-electron chi connectivity index (χ2n) is 5.22. The van der Waals surface area contributed by atoms with Gasteiger partial charge in [-0.3, -0.25) is 4.90 Å². The Labute approximate surface area is 117 Å². The third kappa shape index (κ3) is 2.88. The highest BCUT2D eigenvalue weighted by atomic mass is 32.2. The smallest absolute Gasteiger partial charge is 0.327 e. The van der Waals surface area contributed by atoms with Gasteiger partial charge in [-0.2, -0.15) is 0 Å². The fourth-order valence-corrected chi connectivity index (χ4v) is 3.92. The van der Waals surface area contributed by atoms with E-state index in [1.807, 2.05) is 19.9 Å². The first kappa shape index (κ1) is 14.2. The van der Waals surface area contributed by atoms with Crippen molar-refractivity contribution in [1.82, 2.24) is 9.80 Å². The van der Waals surface area contributed by atoms with Crippen LogP contribution in [0.5, 0.6) is 0 Å². The average Bonchev–Trinajstić information content (AvgIpc) is 2.83. The van der Waals surface area contributed by atoms with Crippen molar-refractivity contribution in [3.8, 4) is 0 Å². The van der Waals surface area contributed by atoms with Crippen molar-refractivity contribution in [2.24, 2.45) is 5.92 Å². The van der Waals surface area contributed by atoms with E-state index in [1.54, 1.807) is 21.6 Å². The van der Waals surface area contributed by atoms with E-state index in [2.05, 4.69) is 6.08 Å². The van der Waals surface area contributed by atoms with E-state index < -0.39 is 12.0 Å². The molecule has 2 heterocycles. The number of aliphatic carboxylic acids is 1. The Morgan fingerprint density at radius 1 is 1.37 bits per heavy atom. The van der Waals surface area contributed by atoms with Crippen molar-refractivity contribution < 1.29 is 14.7 Å². The number of carboxylic acids is 1. The van der Waals surface area contributed by atoms with Crippen LogP contribution in [0, 0.1) is 5.92 Å². The number of hydrogen-bond donors (Lipinski definition) is 1. The summed E-state index contributed by atoms with van der Waals surface area (Å²) in [5.74, 6) is -0.177. The summed E-state index contributed by atoms with van der Waals surface area (Å²) in [6.07, 6.45) is 4.86. The van der Waals surface area contributed by atoms with Gasteiger partial charge in [0, 0.05) is 18.8 Å². The van der Waals surface area contributed by atoms with Crippen molar-refractivity contribution in [3.63, 3.8) is 0 Å². The van der Waals surface area contributed by atoms with Gasteiger partial charge in [-0.25, -0.2) is 9.59 Å². The Morgan fingerprint density at radius 2 is 2.11 bits per heavy atom. The lowest BCUT2D eigenvalue weighted by Crippen LogP contribution is -2.53. The molecule has 1 fully saturated rings. The van der Waals surface area contributed by atoms with Gasteiger partial charge >= 0.3 is 12.0 Å². The SMILES string of the molecule is CC(C)C1SCC(C(=O)O)N1C(=O)N1CC=CCC1. The Bertz CT molecular complexity index is 397. The quantitative estimate of drug-likeness (QED) is 0.786. The maximum atomic E-state index is 12.6. The zero-order valence-corrected chi connectivity index (χ0v) is 12.1. The summed E-state index contributed by atoms with van der Waals surface area (Å²) in [4.78, 5) is 27.2. The Kier molecular flexibility index (Phi) is 4.39. The first-order chi connectivity index (χ1) is 9.02. The molecule has 2 rings (SSSR count). The van der Waals surface area contributed by atoms with E-state index in [-0.39, 0.29) is 17.3 Å². The lowest BCUT2D eigenvalue weighted by Gasteiger charge is -2.35. The summed E-state index contributed by atoms with van der Waals surface area (Å²) in [7, 11) is 0. The van der Waals surface area contributed by atoms with Gasteiger partial charge in [-0.1, -0.05) is 26.0 Å².